The van der Waals surface area contributed by atoms with Crippen LogP contribution in [0.25, 0.3) is 0 Å². The fraction of sp³-hybridized carbons (Fsp3) is 0.533. The first-order chi connectivity index (χ1) is 9.08. The molecule has 0 spiro atoms. The highest BCUT2D eigenvalue weighted by Crippen LogP contribution is 2.11. The van der Waals surface area contributed by atoms with Gasteiger partial charge in [-0.05, 0) is 30.5 Å². The molecule has 1 amide bonds. The van der Waals surface area contributed by atoms with E-state index in [2.05, 4.69) is 13.8 Å². The number of benzene rings is 1. The van der Waals surface area contributed by atoms with Gasteiger partial charge in [-0.15, -0.1) is 0 Å². The highest BCUT2D eigenvalue weighted by molar-refractivity contribution is 7.83. The van der Waals surface area contributed by atoms with Crippen LogP contribution in [0, 0.1) is 0 Å². The summed E-state index contributed by atoms with van der Waals surface area (Å²) in [4.78, 5) is 14.3. The molecule has 0 aliphatic heterocycles. The Morgan fingerprint density at radius 3 is 2.37 bits per heavy atom. The van der Waals surface area contributed by atoms with E-state index in [1.165, 1.54) is 0 Å². The molecule has 19 heavy (non-hydrogen) atoms. The summed E-state index contributed by atoms with van der Waals surface area (Å²) >= 11 is 0. The summed E-state index contributed by atoms with van der Waals surface area (Å²) < 4.78 is 11.2. The molecule has 0 aromatic heterocycles. The molecule has 0 heterocycles. The number of hydrogen-bond donors (Lipinski definition) is 0. The summed E-state index contributed by atoms with van der Waals surface area (Å²) in [5.74, 6) is 0.579. The van der Waals surface area contributed by atoms with E-state index in [0.29, 0.717) is 11.3 Å². The zero-order valence-electron chi connectivity index (χ0n) is 12.0. The van der Waals surface area contributed by atoms with E-state index in [1.807, 2.05) is 29.2 Å². The van der Waals surface area contributed by atoms with Crippen LogP contribution in [0.4, 0.5) is 0 Å². The van der Waals surface area contributed by atoms with Crippen LogP contribution in [0.15, 0.2) is 24.3 Å². The van der Waals surface area contributed by atoms with Gasteiger partial charge in [-0.2, -0.15) is 0 Å². The number of hydrogen-bond acceptors (Lipinski definition) is 2. The fourth-order valence-electron chi connectivity index (χ4n) is 2.07. The number of rotatable bonds is 7. The lowest BCUT2D eigenvalue weighted by atomic mass is 10.1. The first kappa shape index (κ1) is 15.9. The molecule has 4 heteroatoms. The lowest BCUT2D eigenvalue weighted by Crippen LogP contribution is -2.32. The number of carbonyl (C=O) groups is 1. The third-order valence-electron chi connectivity index (χ3n) is 2.82. The van der Waals surface area contributed by atoms with Gasteiger partial charge in [-0.3, -0.25) is 9.00 Å². The monoisotopic (exact) mass is 281 g/mol. The molecule has 0 aliphatic rings. The van der Waals surface area contributed by atoms with Crippen molar-refractivity contribution in [3.63, 3.8) is 0 Å². The van der Waals surface area contributed by atoms with E-state index < -0.39 is 10.8 Å². The second kappa shape index (κ2) is 8.10. The van der Waals surface area contributed by atoms with Crippen molar-refractivity contribution >= 4 is 16.7 Å². The Hall–Kier alpha value is -1.16. The lowest BCUT2D eigenvalue weighted by Gasteiger charge is -2.21. The number of nitrogens with zero attached hydrogens (tertiary/aromatic N) is 1. The normalized spacial score (nSPS) is 12.2. The van der Waals surface area contributed by atoms with Gasteiger partial charge in [-0.1, -0.05) is 26.0 Å². The number of carbonyl (C=O) groups excluding carboxylic acids is 1. The molecule has 0 radical (unpaired) electrons. The SMILES string of the molecule is CCCN(CCC)C(=O)c1cccc(CS(C)=O)c1. The second-order valence-corrected chi connectivity index (χ2v) is 6.15. The van der Waals surface area contributed by atoms with Crippen molar-refractivity contribution in [2.75, 3.05) is 19.3 Å². The molecule has 0 saturated carbocycles. The van der Waals surface area contributed by atoms with Crippen LogP contribution in [-0.2, 0) is 16.6 Å². The molecule has 0 fully saturated rings. The van der Waals surface area contributed by atoms with Crippen molar-refractivity contribution in [1.82, 2.24) is 4.90 Å². The molecule has 1 rings (SSSR count). The summed E-state index contributed by atoms with van der Waals surface area (Å²) in [6, 6.07) is 7.48. The van der Waals surface area contributed by atoms with E-state index in [-0.39, 0.29) is 5.91 Å². The Bertz CT molecular complexity index is 440. The van der Waals surface area contributed by atoms with E-state index in [0.717, 1.165) is 31.5 Å². The van der Waals surface area contributed by atoms with Crippen molar-refractivity contribution in [2.45, 2.75) is 32.4 Å². The van der Waals surface area contributed by atoms with Crippen molar-refractivity contribution in [3.05, 3.63) is 35.4 Å². The van der Waals surface area contributed by atoms with Crippen LogP contribution in [0.5, 0.6) is 0 Å². The molecule has 1 unspecified atom stereocenters. The highest BCUT2D eigenvalue weighted by atomic mass is 32.2. The molecule has 106 valence electrons. The highest BCUT2D eigenvalue weighted by Gasteiger charge is 2.14. The summed E-state index contributed by atoms with van der Waals surface area (Å²) in [5.41, 5.74) is 1.66. The molecule has 3 nitrogen and oxygen atoms in total. The van der Waals surface area contributed by atoms with Gasteiger partial charge in [-0.25, -0.2) is 0 Å². The Balaban J connectivity index is 2.87. The van der Waals surface area contributed by atoms with E-state index >= 15 is 0 Å². The zero-order valence-corrected chi connectivity index (χ0v) is 12.8. The quantitative estimate of drug-likeness (QED) is 0.770. The predicted octanol–water partition coefficient (Wildman–Crippen LogP) is 2.83. The maximum atomic E-state index is 12.4. The second-order valence-electron chi connectivity index (χ2n) is 4.71. The summed E-state index contributed by atoms with van der Waals surface area (Å²) in [7, 11) is -0.880. The molecule has 0 N–H and O–H groups in total. The van der Waals surface area contributed by atoms with Gasteiger partial charge in [0.25, 0.3) is 5.91 Å². The minimum Gasteiger partial charge on any atom is -0.339 e. The predicted molar refractivity (Wildman–Crippen MR) is 80.7 cm³/mol. The molecule has 1 aromatic rings. The van der Waals surface area contributed by atoms with Crippen molar-refractivity contribution in [2.24, 2.45) is 0 Å². The van der Waals surface area contributed by atoms with Crippen molar-refractivity contribution in [3.8, 4) is 0 Å². The Morgan fingerprint density at radius 2 is 1.84 bits per heavy atom. The van der Waals surface area contributed by atoms with Crippen LogP contribution in [-0.4, -0.2) is 34.4 Å². The third kappa shape index (κ3) is 5.15. The van der Waals surface area contributed by atoms with Crippen LogP contribution < -0.4 is 0 Å². The van der Waals surface area contributed by atoms with Crippen molar-refractivity contribution in [1.29, 1.82) is 0 Å². The molecule has 0 bridgehead atoms. The Morgan fingerprint density at radius 1 is 1.21 bits per heavy atom. The first-order valence-corrected chi connectivity index (χ1v) is 8.49. The first-order valence-electron chi connectivity index (χ1n) is 6.76. The van der Waals surface area contributed by atoms with E-state index in [1.54, 1.807) is 6.26 Å². The average Bonchev–Trinajstić information content (AvgIpc) is 2.37. The minimum atomic E-state index is -0.880. The van der Waals surface area contributed by atoms with Gasteiger partial charge >= 0.3 is 0 Å². The Labute approximate surface area is 118 Å². The molecule has 0 saturated heterocycles. The van der Waals surface area contributed by atoms with Crippen molar-refractivity contribution < 1.29 is 9.00 Å². The van der Waals surface area contributed by atoms with Gasteiger partial charge in [0.2, 0.25) is 0 Å². The van der Waals surface area contributed by atoms with Crippen LogP contribution in [0.1, 0.15) is 42.6 Å². The third-order valence-corrected chi connectivity index (χ3v) is 3.56. The average molecular weight is 281 g/mol. The smallest absolute Gasteiger partial charge is 0.253 e. The largest absolute Gasteiger partial charge is 0.339 e. The van der Waals surface area contributed by atoms with E-state index in [4.69, 9.17) is 0 Å². The molecule has 1 atom stereocenters. The maximum Gasteiger partial charge on any atom is 0.253 e. The fourth-order valence-corrected chi connectivity index (χ4v) is 2.72. The van der Waals surface area contributed by atoms with Gasteiger partial charge in [0.15, 0.2) is 0 Å². The van der Waals surface area contributed by atoms with Crippen LogP contribution >= 0.6 is 0 Å². The van der Waals surface area contributed by atoms with Gasteiger partial charge < -0.3 is 4.90 Å². The van der Waals surface area contributed by atoms with Gasteiger partial charge in [0.1, 0.15) is 0 Å². The summed E-state index contributed by atoms with van der Waals surface area (Å²) in [5, 5.41) is 0. The topological polar surface area (TPSA) is 37.4 Å². The molecular formula is C15H23NO2S. The van der Waals surface area contributed by atoms with E-state index in [9.17, 15) is 9.00 Å². The van der Waals surface area contributed by atoms with Crippen LogP contribution in [0.3, 0.4) is 0 Å². The summed E-state index contributed by atoms with van der Waals surface area (Å²) in [6.07, 6.45) is 3.60. The Kier molecular flexibility index (Phi) is 6.78. The lowest BCUT2D eigenvalue weighted by molar-refractivity contribution is 0.0755. The zero-order chi connectivity index (χ0) is 14.3. The van der Waals surface area contributed by atoms with Gasteiger partial charge in [0.05, 0.1) is 0 Å². The van der Waals surface area contributed by atoms with Crippen LogP contribution in [0.2, 0.25) is 0 Å². The molecular weight excluding hydrogens is 258 g/mol. The molecule has 0 aliphatic carbocycles. The standard InChI is InChI=1S/C15H23NO2S/c1-4-9-16(10-5-2)15(17)14-8-6-7-13(11-14)12-19(3)18/h6-8,11H,4-5,9-10,12H2,1-3H3. The number of amides is 1. The van der Waals surface area contributed by atoms with Gasteiger partial charge in [0, 0.05) is 41.5 Å². The molecule has 1 aromatic carbocycles. The maximum absolute atomic E-state index is 12.4. The summed E-state index contributed by atoms with van der Waals surface area (Å²) in [6.45, 7) is 5.73. The minimum absolute atomic E-state index is 0.0763.